The molecule has 24 heavy (non-hydrogen) atoms. The van der Waals surface area contributed by atoms with E-state index in [2.05, 4.69) is 6.07 Å². The third kappa shape index (κ3) is 2.67. The third-order valence-electron chi connectivity index (χ3n) is 6.05. The predicted molar refractivity (Wildman–Crippen MR) is 95.4 cm³/mol. The lowest BCUT2D eigenvalue weighted by Crippen LogP contribution is -2.48. The van der Waals surface area contributed by atoms with Crippen LogP contribution in [0.4, 0.5) is 0 Å². The van der Waals surface area contributed by atoms with E-state index in [0.717, 1.165) is 50.1 Å². The molecule has 1 spiro atoms. The Balaban J connectivity index is 1.51. The molecule has 4 rings (SSSR count). The molecule has 2 aliphatic heterocycles. The number of nitrogens with zero attached hydrogens (tertiary/aromatic N) is 2. The van der Waals surface area contributed by atoms with Gasteiger partial charge >= 0.3 is 0 Å². The summed E-state index contributed by atoms with van der Waals surface area (Å²) in [7, 11) is 1.89. The smallest absolute Gasteiger partial charge is 0.263 e. The van der Waals surface area contributed by atoms with Crippen molar-refractivity contribution < 1.29 is 9.59 Å². The van der Waals surface area contributed by atoms with Gasteiger partial charge < -0.3 is 9.80 Å². The Kier molecular flexibility index (Phi) is 4.15. The van der Waals surface area contributed by atoms with Crippen molar-refractivity contribution in [2.24, 2.45) is 5.41 Å². The first-order valence-electron chi connectivity index (χ1n) is 9.25. The highest BCUT2D eigenvalue weighted by Crippen LogP contribution is 2.40. The fourth-order valence-corrected chi connectivity index (χ4v) is 5.84. The highest BCUT2D eigenvalue weighted by Gasteiger charge is 2.48. The number of thiophene rings is 1. The van der Waals surface area contributed by atoms with E-state index in [4.69, 9.17) is 0 Å². The molecule has 0 saturated carbocycles. The van der Waals surface area contributed by atoms with E-state index in [1.54, 1.807) is 11.3 Å². The molecule has 0 bridgehead atoms. The maximum atomic E-state index is 13.0. The Morgan fingerprint density at radius 3 is 2.83 bits per heavy atom. The topological polar surface area (TPSA) is 40.6 Å². The van der Waals surface area contributed by atoms with Gasteiger partial charge in [-0.2, -0.15) is 0 Å². The molecule has 1 atom stereocenters. The van der Waals surface area contributed by atoms with Gasteiger partial charge in [-0.1, -0.05) is 6.42 Å². The minimum atomic E-state index is -0.309. The predicted octanol–water partition coefficient (Wildman–Crippen LogP) is 3.10. The van der Waals surface area contributed by atoms with Gasteiger partial charge in [0.1, 0.15) is 0 Å². The van der Waals surface area contributed by atoms with Crippen molar-refractivity contribution in [1.82, 2.24) is 9.80 Å². The molecule has 2 saturated heterocycles. The van der Waals surface area contributed by atoms with Crippen LogP contribution in [0, 0.1) is 5.41 Å². The van der Waals surface area contributed by atoms with E-state index >= 15 is 0 Å². The minimum Gasteiger partial charge on any atom is -0.345 e. The molecule has 2 amide bonds. The number of carbonyl (C=O) groups is 2. The molecule has 3 aliphatic rings. The molecule has 4 nitrogen and oxygen atoms in total. The van der Waals surface area contributed by atoms with Crippen molar-refractivity contribution in [3.05, 3.63) is 21.4 Å². The van der Waals surface area contributed by atoms with Gasteiger partial charge in [0.15, 0.2) is 0 Å². The zero-order valence-corrected chi connectivity index (χ0v) is 15.3. The van der Waals surface area contributed by atoms with Crippen LogP contribution in [-0.2, 0) is 17.6 Å². The first-order valence-corrected chi connectivity index (χ1v) is 10.1. The van der Waals surface area contributed by atoms with Crippen LogP contribution in [0.15, 0.2) is 6.07 Å². The number of fused-ring (bicyclic) bond motifs is 1. The number of aryl methyl sites for hydroxylation is 2. The van der Waals surface area contributed by atoms with Crippen LogP contribution in [0.3, 0.4) is 0 Å². The highest BCUT2D eigenvalue weighted by atomic mass is 32.1. The number of likely N-dealkylation sites (tertiary alicyclic amines) is 2. The van der Waals surface area contributed by atoms with Gasteiger partial charge in [0.05, 0.1) is 10.3 Å². The van der Waals surface area contributed by atoms with Crippen molar-refractivity contribution in [2.45, 2.75) is 51.4 Å². The second-order valence-corrected chi connectivity index (χ2v) is 8.84. The Bertz CT molecular complexity index is 645. The molecule has 1 aromatic rings. The van der Waals surface area contributed by atoms with Crippen LogP contribution in [0.25, 0.3) is 0 Å². The summed E-state index contributed by atoms with van der Waals surface area (Å²) in [4.78, 5) is 31.7. The van der Waals surface area contributed by atoms with Gasteiger partial charge in [0, 0.05) is 31.6 Å². The number of amides is 2. The van der Waals surface area contributed by atoms with Crippen molar-refractivity contribution in [3.8, 4) is 0 Å². The van der Waals surface area contributed by atoms with E-state index in [9.17, 15) is 9.59 Å². The van der Waals surface area contributed by atoms with E-state index in [-0.39, 0.29) is 17.2 Å². The van der Waals surface area contributed by atoms with Crippen LogP contribution in [0.5, 0.6) is 0 Å². The number of hydrogen-bond acceptors (Lipinski definition) is 3. The molecule has 1 aliphatic carbocycles. The third-order valence-corrected chi connectivity index (χ3v) is 7.27. The van der Waals surface area contributed by atoms with Crippen LogP contribution in [0.2, 0.25) is 0 Å². The molecule has 1 aromatic heterocycles. The Labute approximate surface area is 147 Å². The molecule has 2 fully saturated rings. The maximum Gasteiger partial charge on any atom is 0.263 e. The van der Waals surface area contributed by atoms with E-state index in [0.29, 0.717) is 6.54 Å². The molecule has 0 radical (unpaired) electrons. The highest BCUT2D eigenvalue weighted by molar-refractivity contribution is 7.14. The van der Waals surface area contributed by atoms with Crippen LogP contribution < -0.4 is 0 Å². The van der Waals surface area contributed by atoms with Crippen LogP contribution in [-0.4, -0.2) is 48.3 Å². The van der Waals surface area contributed by atoms with Gasteiger partial charge in [-0.3, -0.25) is 9.59 Å². The first-order chi connectivity index (χ1) is 11.6. The summed E-state index contributed by atoms with van der Waals surface area (Å²) < 4.78 is 0. The molecule has 0 unspecified atom stereocenters. The van der Waals surface area contributed by atoms with Gasteiger partial charge in [-0.15, -0.1) is 11.3 Å². The molecule has 3 heterocycles. The first kappa shape index (κ1) is 16.1. The van der Waals surface area contributed by atoms with E-state index in [1.807, 2.05) is 16.8 Å². The maximum absolute atomic E-state index is 13.0. The van der Waals surface area contributed by atoms with Crippen LogP contribution in [0.1, 0.15) is 58.6 Å². The lowest BCUT2D eigenvalue weighted by Gasteiger charge is -2.37. The van der Waals surface area contributed by atoms with Gasteiger partial charge in [0.2, 0.25) is 5.91 Å². The van der Waals surface area contributed by atoms with E-state index < -0.39 is 0 Å². The zero-order chi connectivity index (χ0) is 16.7. The average Bonchev–Trinajstić information content (AvgIpc) is 3.12. The fraction of sp³-hybridized carbons (Fsp3) is 0.684. The average molecular weight is 346 g/mol. The molecule has 5 heteroatoms. The molecular formula is C19H26N2O2S. The SMILES string of the molecule is CN1CCC[C@]2(CCN(C(=O)c3cc4c(s3)CCCCC4)C2)C1=O. The summed E-state index contributed by atoms with van der Waals surface area (Å²) in [5, 5.41) is 0. The molecule has 130 valence electrons. The van der Waals surface area contributed by atoms with Gasteiger partial charge in [-0.05, 0) is 56.6 Å². The monoisotopic (exact) mass is 346 g/mol. The quantitative estimate of drug-likeness (QED) is 0.733. The second-order valence-electron chi connectivity index (χ2n) is 7.71. The van der Waals surface area contributed by atoms with Gasteiger partial charge in [-0.25, -0.2) is 0 Å². The summed E-state index contributed by atoms with van der Waals surface area (Å²) >= 11 is 1.69. The summed E-state index contributed by atoms with van der Waals surface area (Å²) in [6.45, 7) is 2.19. The largest absolute Gasteiger partial charge is 0.345 e. The Hall–Kier alpha value is -1.36. The second kappa shape index (κ2) is 6.17. The minimum absolute atomic E-state index is 0.144. The summed E-state index contributed by atoms with van der Waals surface area (Å²) in [5.74, 6) is 0.386. The number of rotatable bonds is 1. The number of hydrogen-bond donors (Lipinski definition) is 0. The van der Waals surface area contributed by atoms with Crippen molar-refractivity contribution in [2.75, 3.05) is 26.7 Å². The molecule has 0 aromatic carbocycles. The lowest BCUT2D eigenvalue weighted by molar-refractivity contribution is -0.143. The number of piperidine rings is 1. The zero-order valence-electron chi connectivity index (χ0n) is 14.5. The van der Waals surface area contributed by atoms with E-state index in [1.165, 1.54) is 29.7 Å². The normalized spacial score (nSPS) is 27.5. The fourth-order valence-electron chi connectivity index (χ4n) is 4.62. The molecule has 0 N–H and O–H groups in total. The molecular weight excluding hydrogens is 320 g/mol. The Morgan fingerprint density at radius 1 is 1.12 bits per heavy atom. The standard InChI is InChI=1S/C19H26N2O2S/c1-20-10-5-8-19(18(20)23)9-11-21(13-19)17(22)16-12-14-6-3-2-4-7-15(14)24-16/h12H,2-11,13H2,1H3/t19-/m1/s1. The lowest BCUT2D eigenvalue weighted by atomic mass is 9.78. The Morgan fingerprint density at radius 2 is 1.96 bits per heavy atom. The number of carbonyl (C=O) groups excluding carboxylic acids is 2. The van der Waals surface area contributed by atoms with Crippen LogP contribution >= 0.6 is 11.3 Å². The van der Waals surface area contributed by atoms with Crippen molar-refractivity contribution >= 4 is 23.2 Å². The summed E-state index contributed by atoms with van der Waals surface area (Å²) in [5.41, 5.74) is 1.08. The summed E-state index contributed by atoms with van der Waals surface area (Å²) in [6.07, 6.45) is 8.84. The van der Waals surface area contributed by atoms with Gasteiger partial charge in [0.25, 0.3) is 5.91 Å². The summed E-state index contributed by atoms with van der Waals surface area (Å²) in [6, 6.07) is 2.13. The van der Waals surface area contributed by atoms with Crippen molar-refractivity contribution in [1.29, 1.82) is 0 Å². The van der Waals surface area contributed by atoms with Crippen molar-refractivity contribution in [3.63, 3.8) is 0 Å².